The summed E-state index contributed by atoms with van der Waals surface area (Å²) in [5.74, 6) is 0.367. The van der Waals surface area contributed by atoms with Gasteiger partial charge in [-0.05, 0) is 37.8 Å². The molecule has 0 spiro atoms. The highest BCUT2D eigenvalue weighted by molar-refractivity contribution is 5.99. The number of fused-ring (bicyclic) bond motifs is 2. The number of benzene rings is 1. The van der Waals surface area contributed by atoms with Crippen LogP contribution in [-0.4, -0.2) is 142 Å². The second-order valence-corrected chi connectivity index (χ2v) is 11.2. The molecule has 0 unspecified atom stereocenters. The highest BCUT2D eigenvalue weighted by Gasteiger charge is 2.18. The highest BCUT2D eigenvalue weighted by atomic mass is 16.6. The minimum absolute atomic E-state index is 0.0235. The Labute approximate surface area is 291 Å². The van der Waals surface area contributed by atoms with Crippen LogP contribution in [0.3, 0.4) is 0 Å². The first-order valence-electron chi connectivity index (χ1n) is 16.7. The molecular weight excluding hydrogens is 650 g/mol. The fourth-order valence-electron chi connectivity index (χ4n) is 4.90. The molecule has 274 valence electrons. The zero-order valence-corrected chi connectivity index (χ0v) is 28.8. The molecule has 0 saturated carbocycles. The summed E-state index contributed by atoms with van der Waals surface area (Å²) < 4.78 is 39.9. The summed E-state index contributed by atoms with van der Waals surface area (Å²) in [6, 6.07) is 5.62. The van der Waals surface area contributed by atoms with Gasteiger partial charge in [0.1, 0.15) is 23.4 Å². The number of aliphatic imine (C=N–C) groups is 1. The number of nitrogen functional groups attached to an aromatic ring is 2. The Kier molecular flexibility index (Phi) is 16.8. The van der Waals surface area contributed by atoms with Crippen molar-refractivity contribution in [3.05, 3.63) is 24.5 Å². The van der Waals surface area contributed by atoms with Crippen molar-refractivity contribution in [2.45, 2.75) is 25.8 Å². The van der Waals surface area contributed by atoms with Crippen LogP contribution in [0.1, 0.15) is 19.3 Å². The number of rotatable bonds is 27. The van der Waals surface area contributed by atoms with E-state index in [0.717, 1.165) is 18.4 Å². The summed E-state index contributed by atoms with van der Waals surface area (Å²) in [6.07, 6.45) is 3.30. The molecular formula is C33H49N9O8. The number of oxazole rings is 1. The molecule has 17 nitrogen and oxygen atoms in total. The number of amides is 1. The van der Waals surface area contributed by atoms with Crippen LogP contribution in [0.4, 0.5) is 11.8 Å². The van der Waals surface area contributed by atoms with Gasteiger partial charge in [0.25, 0.3) is 6.01 Å². The fraction of sp³-hybridized carbons (Fsp3) is 0.576. The predicted octanol–water partition coefficient (Wildman–Crippen LogP) is 2.23. The first kappa shape index (κ1) is 38.5. The van der Waals surface area contributed by atoms with Gasteiger partial charge in [-0.1, -0.05) is 0 Å². The van der Waals surface area contributed by atoms with Gasteiger partial charge in [-0.2, -0.15) is 10.1 Å². The first-order valence-corrected chi connectivity index (χ1v) is 16.7. The smallest absolute Gasteiger partial charge is 0.292 e. The molecule has 0 bridgehead atoms. The molecule has 0 fully saturated rings. The highest BCUT2D eigenvalue weighted by Crippen LogP contribution is 2.32. The minimum Gasteiger partial charge on any atom is -0.424 e. The van der Waals surface area contributed by atoms with E-state index in [1.807, 2.05) is 16.8 Å². The fourth-order valence-corrected chi connectivity index (χ4v) is 4.90. The van der Waals surface area contributed by atoms with Crippen LogP contribution in [0, 0.1) is 0 Å². The summed E-state index contributed by atoms with van der Waals surface area (Å²) in [7, 11) is 1.80. The number of nitrogens with two attached hydrogens (primary N) is 2. The van der Waals surface area contributed by atoms with Crippen LogP contribution in [-0.2, 0) is 39.8 Å². The number of hydrogen-bond donors (Lipinski definition) is 2. The van der Waals surface area contributed by atoms with Gasteiger partial charge in [0.05, 0.1) is 97.6 Å². The van der Waals surface area contributed by atoms with E-state index < -0.39 is 0 Å². The second-order valence-electron chi connectivity index (χ2n) is 11.2. The zero-order chi connectivity index (χ0) is 35.4. The van der Waals surface area contributed by atoms with Crippen molar-refractivity contribution >= 4 is 46.6 Å². The quantitative estimate of drug-likeness (QED) is 0.0676. The lowest BCUT2D eigenvalue weighted by atomic mass is 10.1. The summed E-state index contributed by atoms with van der Waals surface area (Å²) in [4.78, 5) is 30.8. The number of aryl methyl sites for hydroxylation is 1. The third kappa shape index (κ3) is 12.6. The maximum absolute atomic E-state index is 12.6. The average Bonchev–Trinajstić information content (AvgIpc) is 3.68. The largest absolute Gasteiger partial charge is 0.424 e. The van der Waals surface area contributed by atoms with Crippen LogP contribution < -0.4 is 11.5 Å². The molecule has 4 rings (SSSR count). The van der Waals surface area contributed by atoms with Crippen molar-refractivity contribution in [3.63, 3.8) is 0 Å². The van der Waals surface area contributed by atoms with Crippen molar-refractivity contribution in [2.24, 2.45) is 4.99 Å². The molecule has 0 atom stereocenters. The lowest BCUT2D eigenvalue weighted by Crippen LogP contribution is -2.28. The second kappa shape index (κ2) is 21.7. The third-order valence-corrected chi connectivity index (χ3v) is 7.49. The molecule has 0 aliphatic heterocycles. The summed E-state index contributed by atoms with van der Waals surface area (Å²) in [5, 5.41) is 5.49. The average molecular weight is 700 g/mol. The van der Waals surface area contributed by atoms with E-state index in [9.17, 15) is 4.79 Å². The topological polar surface area (TPSA) is 210 Å². The van der Waals surface area contributed by atoms with E-state index >= 15 is 0 Å². The Morgan fingerprint density at radius 2 is 1.50 bits per heavy atom. The van der Waals surface area contributed by atoms with Crippen LogP contribution in [0.15, 0.2) is 33.9 Å². The Balaban J connectivity index is 1.01. The van der Waals surface area contributed by atoms with E-state index in [1.165, 1.54) is 6.33 Å². The molecule has 4 aromatic rings. The van der Waals surface area contributed by atoms with Gasteiger partial charge >= 0.3 is 0 Å². The van der Waals surface area contributed by atoms with Gasteiger partial charge in [-0.25, -0.2) is 14.6 Å². The maximum atomic E-state index is 12.6. The predicted molar refractivity (Wildman–Crippen MR) is 188 cm³/mol. The molecule has 0 saturated heterocycles. The maximum Gasteiger partial charge on any atom is 0.292 e. The molecule has 4 N–H and O–H groups in total. The van der Waals surface area contributed by atoms with E-state index in [0.29, 0.717) is 139 Å². The van der Waals surface area contributed by atoms with E-state index in [2.05, 4.69) is 26.7 Å². The normalized spacial score (nSPS) is 11.5. The standard InChI is InChI=1S/C33H49N9O8/c1-36-8-12-45-14-16-47-18-20-49-22-21-48-19-17-46-15-13-44-11-7-28(43)41(2)9-3-4-10-42-32-29(31(34)37-24-38-32)30(40-42)25-5-6-27-26(23-25)39-33(35)50-27/h5-6,23-24H,1,3-4,7-22H2,2H3,(H2,35,39)(H2,34,37,38). The lowest BCUT2D eigenvalue weighted by molar-refractivity contribution is -0.131. The summed E-state index contributed by atoms with van der Waals surface area (Å²) in [6.45, 7) is 10.9. The van der Waals surface area contributed by atoms with E-state index in [-0.39, 0.29) is 11.9 Å². The number of hydrogen-bond acceptors (Lipinski definition) is 15. The lowest BCUT2D eigenvalue weighted by Gasteiger charge is -2.17. The molecule has 0 aliphatic rings. The van der Waals surface area contributed by atoms with Gasteiger partial charge in [0.15, 0.2) is 11.2 Å². The number of ether oxygens (including phenoxy) is 6. The van der Waals surface area contributed by atoms with Gasteiger partial charge in [0.2, 0.25) is 5.91 Å². The number of aromatic nitrogens is 5. The van der Waals surface area contributed by atoms with Crippen LogP contribution >= 0.6 is 0 Å². The Hall–Kier alpha value is -4.26. The minimum atomic E-state index is 0.0235. The number of carbonyl (C=O) groups excluding carboxylic acids is 1. The summed E-state index contributed by atoms with van der Waals surface area (Å²) in [5.41, 5.74) is 15.3. The summed E-state index contributed by atoms with van der Waals surface area (Å²) >= 11 is 0. The van der Waals surface area contributed by atoms with Crippen molar-refractivity contribution in [1.29, 1.82) is 0 Å². The molecule has 3 heterocycles. The molecule has 17 heteroatoms. The van der Waals surface area contributed by atoms with Crippen molar-refractivity contribution in [2.75, 3.05) is 111 Å². The SMILES string of the molecule is C=NCCOCCOCCOCCOCCOCCOCCC(=O)N(C)CCCCn1nc(-c2ccc3oc(N)nc3c2)c2c(N)ncnc21. The van der Waals surface area contributed by atoms with Gasteiger partial charge in [0, 0.05) is 25.7 Å². The zero-order valence-electron chi connectivity index (χ0n) is 28.8. The Morgan fingerprint density at radius 3 is 2.14 bits per heavy atom. The molecule has 50 heavy (non-hydrogen) atoms. The first-order chi connectivity index (χ1) is 24.5. The van der Waals surface area contributed by atoms with E-state index in [1.54, 1.807) is 18.0 Å². The monoisotopic (exact) mass is 699 g/mol. The molecule has 3 aromatic heterocycles. The van der Waals surface area contributed by atoms with Crippen molar-refractivity contribution < 1.29 is 37.6 Å². The number of carbonyl (C=O) groups is 1. The molecule has 0 aliphatic carbocycles. The molecule has 0 radical (unpaired) electrons. The Bertz CT molecular complexity index is 1600. The number of anilines is 2. The molecule has 1 amide bonds. The van der Waals surface area contributed by atoms with Gasteiger partial charge < -0.3 is 49.2 Å². The van der Waals surface area contributed by atoms with Crippen LogP contribution in [0.2, 0.25) is 0 Å². The Morgan fingerprint density at radius 1 is 0.880 bits per heavy atom. The third-order valence-electron chi connectivity index (χ3n) is 7.49. The number of unbranched alkanes of at least 4 members (excludes halogenated alkanes) is 1. The van der Waals surface area contributed by atoms with Crippen molar-refractivity contribution in [1.82, 2.24) is 29.6 Å². The molecule has 1 aromatic carbocycles. The van der Waals surface area contributed by atoms with E-state index in [4.69, 9.17) is 49.4 Å². The van der Waals surface area contributed by atoms with Crippen LogP contribution in [0.5, 0.6) is 0 Å². The number of nitrogens with zero attached hydrogens (tertiary/aromatic N) is 7. The van der Waals surface area contributed by atoms with Gasteiger partial charge in [-0.15, -0.1) is 0 Å². The van der Waals surface area contributed by atoms with Gasteiger partial charge in [-0.3, -0.25) is 9.79 Å². The van der Waals surface area contributed by atoms with Crippen LogP contribution in [0.25, 0.3) is 33.4 Å². The van der Waals surface area contributed by atoms with Crippen molar-refractivity contribution in [3.8, 4) is 11.3 Å².